The van der Waals surface area contributed by atoms with Crippen LogP contribution in [0.25, 0.3) is 87.3 Å². The number of para-hydroxylation sites is 1. The summed E-state index contributed by atoms with van der Waals surface area (Å²) in [5.74, 6) is 0. The molecule has 0 N–H and O–H groups in total. The summed E-state index contributed by atoms with van der Waals surface area (Å²) in [7, 11) is 0. The van der Waals surface area contributed by atoms with Crippen molar-refractivity contribution in [1.29, 1.82) is 0 Å². The minimum atomic E-state index is 0.919. The summed E-state index contributed by atoms with van der Waals surface area (Å²) < 4.78 is 6.35. The Kier molecular flexibility index (Phi) is 6.90. The van der Waals surface area contributed by atoms with Crippen LogP contribution in [0.3, 0.4) is 0 Å². The van der Waals surface area contributed by atoms with Gasteiger partial charge in [-0.05, 0) is 115 Å². The Morgan fingerprint density at radius 3 is 1.74 bits per heavy atom. The van der Waals surface area contributed by atoms with E-state index in [2.05, 4.69) is 199 Å². The van der Waals surface area contributed by atoms with Crippen LogP contribution in [0.4, 0.5) is 17.1 Å². The van der Waals surface area contributed by atoms with Gasteiger partial charge in [0.15, 0.2) is 0 Å². The highest BCUT2D eigenvalue weighted by molar-refractivity contribution is 6.36. The Labute approximate surface area is 312 Å². The molecule has 0 unspecified atom stereocenters. The van der Waals surface area contributed by atoms with E-state index in [1.54, 1.807) is 0 Å². The quantitative estimate of drug-likeness (QED) is 0.168. The first kappa shape index (κ1) is 30.5. The molecule has 0 aliphatic carbocycles. The Hall–Kier alpha value is -7.16. The zero-order valence-corrected chi connectivity index (χ0v) is 29.4. The number of hydrogen-bond acceptors (Lipinski definition) is 2. The van der Waals surface area contributed by atoms with E-state index in [-0.39, 0.29) is 0 Å². The van der Waals surface area contributed by atoms with E-state index >= 15 is 0 Å². The molecule has 1 aromatic heterocycles. The highest BCUT2D eigenvalue weighted by atomic mass is 16.3. The molecule has 2 nitrogen and oxygen atoms in total. The fraction of sp³-hybridized carbons (Fsp3) is 0. The predicted octanol–water partition coefficient (Wildman–Crippen LogP) is 15.0. The van der Waals surface area contributed by atoms with Crippen molar-refractivity contribution in [2.75, 3.05) is 4.90 Å². The van der Waals surface area contributed by atoms with Crippen LogP contribution in [0.1, 0.15) is 0 Å². The third kappa shape index (κ3) is 4.81. The SMILES string of the molecule is c1ccc(-c2cccc(N(c3ccc(-c4cccc5c6ccc7oc8ccccc8c7c6c6ccccc6c45)cc3)c3ccc4ccccc4c3)c2)cc1. The number of hydrogen-bond donors (Lipinski definition) is 0. The van der Waals surface area contributed by atoms with Gasteiger partial charge >= 0.3 is 0 Å². The van der Waals surface area contributed by atoms with E-state index in [9.17, 15) is 0 Å². The summed E-state index contributed by atoms with van der Waals surface area (Å²) in [6.07, 6.45) is 0. The maximum absolute atomic E-state index is 6.35. The second-order valence-corrected chi connectivity index (χ2v) is 14.1. The third-order valence-corrected chi connectivity index (χ3v) is 11.0. The Morgan fingerprint density at radius 1 is 0.296 bits per heavy atom. The maximum atomic E-state index is 6.35. The maximum Gasteiger partial charge on any atom is 0.136 e. The molecule has 10 aromatic carbocycles. The molecule has 0 spiro atoms. The molecule has 2 heteroatoms. The molecule has 252 valence electrons. The topological polar surface area (TPSA) is 16.4 Å². The van der Waals surface area contributed by atoms with Gasteiger partial charge in [-0.1, -0.05) is 146 Å². The molecule has 11 rings (SSSR count). The molecule has 1 heterocycles. The van der Waals surface area contributed by atoms with Gasteiger partial charge in [-0.25, -0.2) is 0 Å². The van der Waals surface area contributed by atoms with Crippen LogP contribution in [0.2, 0.25) is 0 Å². The summed E-state index contributed by atoms with van der Waals surface area (Å²) >= 11 is 0. The molecule has 54 heavy (non-hydrogen) atoms. The smallest absolute Gasteiger partial charge is 0.136 e. The largest absolute Gasteiger partial charge is 0.456 e. The number of fused-ring (bicyclic) bond motifs is 11. The normalized spacial score (nSPS) is 11.7. The van der Waals surface area contributed by atoms with Crippen molar-refractivity contribution in [3.63, 3.8) is 0 Å². The second kappa shape index (κ2) is 12.2. The zero-order valence-electron chi connectivity index (χ0n) is 29.4. The van der Waals surface area contributed by atoms with E-state index in [4.69, 9.17) is 4.42 Å². The van der Waals surface area contributed by atoms with Gasteiger partial charge in [0.1, 0.15) is 11.2 Å². The molecule has 0 aliphatic heterocycles. The van der Waals surface area contributed by atoms with Crippen molar-refractivity contribution in [2.24, 2.45) is 0 Å². The van der Waals surface area contributed by atoms with Crippen molar-refractivity contribution in [2.45, 2.75) is 0 Å². The lowest BCUT2D eigenvalue weighted by molar-refractivity contribution is 0.669. The predicted molar refractivity (Wildman–Crippen MR) is 229 cm³/mol. The van der Waals surface area contributed by atoms with Crippen molar-refractivity contribution in [3.8, 4) is 22.3 Å². The number of rotatable bonds is 5. The first-order valence-corrected chi connectivity index (χ1v) is 18.5. The standard InChI is InChI=1S/C52H33NO/c1-2-12-34(13-3-1)38-16-10-17-40(32-38)53(41-29-24-35-14-4-5-15-37(35)33-41)39-27-25-36(26-28-39)42-21-11-22-44-46-30-31-49-52(47-20-8-9-23-48(47)54-49)51(46)45-19-7-6-18-43(45)50(42)44/h1-33H. The van der Waals surface area contributed by atoms with Gasteiger partial charge in [0.05, 0.1) is 0 Å². The van der Waals surface area contributed by atoms with Crippen LogP contribution in [-0.4, -0.2) is 0 Å². The van der Waals surface area contributed by atoms with Crippen LogP contribution < -0.4 is 4.90 Å². The Balaban J connectivity index is 1.10. The molecule has 0 radical (unpaired) electrons. The lowest BCUT2D eigenvalue weighted by Gasteiger charge is -2.26. The molecule has 0 bridgehead atoms. The van der Waals surface area contributed by atoms with Crippen LogP contribution in [0.15, 0.2) is 205 Å². The van der Waals surface area contributed by atoms with Gasteiger partial charge < -0.3 is 9.32 Å². The average molecular weight is 688 g/mol. The fourth-order valence-electron chi connectivity index (χ4n) is 8.56. The highest BCUT2D eigenvalue weighted by Crippen LogP contribution is 2.45. The molecular weight excluding hydrogens is 655 g/mol. The van der Waals surface area contributed by atoms with Gasteiger partial charge in [-0.15, -0.1) is 0 Å². The molecular formula is C52H33NO. The average Bonchev–Trinajstić information content (AvgIpc) is 3.63. The second-order valence-electron chi connectivity index (χ2n) is 14.1. The first-order chi connectivity index (χ1) is 26.8. The minimum absolute atomic E-state index is 0.919. The van der Waals surface area contributed by atoms with Crippen molar-refractivity contribution < 1.29 is 4.42 Å². The van der Waals surface area contributed by atoms with Crippen LogP contribution in [0.5, 0.6) is 0 Å². The monoisotopic (exact) mass is 687 g/mol. The minimum Gasteiger partial charge on any atom is -0.456 e. The summed E-state index contributed by atoms with van der Waals surface area (Å²) in [5, 5.41) is 12.3. The van der Waals surface area contributed by atoms with Gasteiger partial charge in [0, 0.05) is 33.2 Å². The van der Waals surface area contributed by atoms with Crippen molar-refractivity contribution >= 4 is 82.1 Å². The van der Waals surface area contributed by atoms with Gasteiger partial charge in [-0.3, -0.25) is 0 Å². The van der Waals surface area contributed by atoms with E-state index in [0.717, 1.165) is 33.6 Å². The molecule has 0 amide bonds. The lowest BCUT2D eigenvalue weighted by atomic mass is 9.88. The van der Waals surface area contributed by atoms with E-state index in [1.165, 1.54) is 70.7 Å². The zero-order chi connectivity index (χ0) is 35.6. The third-order valence-electron chi connectivity index (χ3n) is 11.0. The fourth-order valence-corrected chi connectivity index (χ4v) is 8.56. The molecule has 11 aromatic rings. The summed E-state index contributed by atoms with van der Waals surface area (Å²) in [6, 6.07) is 72.2. The van der Waals surface area contributed by atoms with Gasteiger partial charge in [-0.2, -0.15) is 0 Å². The van der Waals surface area contributed by atoms with E-state index in [0.29, 0.717) is 0 Å². The molecule has 0 aliphatic rings. The summed E-state index contributed by atoms with van der Waals surface area (Å²) in [4.78, 5) is 2.37. The molecule has 0 fully saturated rings. The molecule has 0 saturated carbocycles. The Bertz CT molecular complexity index is 3180. The first-order valence-electron chi connectivity index (χ1n) is 18.5. The van der Waals surface area contributed by atoms with Crippen LogP contribution in [-0.2, 0) is 0 Å². The summed E-state index contributed by atoms with van der Waals surface area (Å²) in [6.45, 7) is 0. The van der Waals surface area contributed by atoms with Crippen LogP contribution >= 0.6 is 0 Å². The van der Waals surface area contributed by atoms with E-state index < -0.39 is 0 Å². The number of benzene rings is 10. The van der Waals surface area contributed by atoms with Crippen molar-refractivity contribution in [3.05, 3.63) is 200 Å². The summed E-state index contributed by atoms with van der Waals surface area (Å²) in [5.41, 5.74) is 9.96. The molecule has 0 atom stereocenters. The number of anilines is 3. The lowest BCUT2D eigenvalue weighted by Crippen LogP contribution is -2.10. The molecule has 0 saturated heterocycles. The highest BCUT2D eigenvalue weighted by Gasteiger charge is 2.19. The number of nitrogens with zero attached hydrogens (tertiary/aromatic N) is 1. The van der Waals surface area contributed by atoms with Gasteiger partial charge in [0.25, 0.3) is 0 Å². The van der Waals surface area contributed by atoms with E-state index in [1.807, 2.05) is 6.07 Å². The van der Waals surface area contributed by atoms with Crippen LogP contribution in [0, 0.1) is 0 Å². The Morgan fingerprint density at radius 2 is 0.907 bits per heavy atom. The number of furan rings is 1. The van der Waals surface area contributed by atoms with Gasteiger partial charge in [0.2, 0.25) is 0 Å². The van der Waals surface area contributed by atoms with Crippen molar-refractivity contribution in [1.82, 2.24) is 0 Å².